The highest BCUT2D eigenvalue weighted by Crippen LogP contribution is 2.16. The van der Waals surface area contributed by atoms with Gasteiger partial charge in [0.15, 0.2) is 0 Å². The van der Waals surface area contributed by atoms with Crippen LogP contribution in [0.2, 0.25) is 0 Å². The number of hydrogen-bond acceptors (Lipinski definition) is 4. The second-order valence-electron chi connectivity index (χ2n) is 4.85. The second kappa shape index (κ2) is 8.91. The van der Waals surface area contributed by atoms with Crippen LogP contribution in [0, 0.1) is 6.92 Å². The van der Waals surface area contributed by atoms with Crippen LogP contribution in [0.25, 0.3) is 0 Å². The summed E-state index contributed by atoms with van der Waals surface area (Å²) in [6, 6.07) is 7.79. The monoisotopic (exact) mass is 267 g/mol. The third kappa shape index (κ3) is 7.15. The molecule has 0 heterocycles. The summed E-state index contributed by atoms with van der Waals surface area (Å²) in [7, 11) is 0. The van der Waals surface area contributed by atoms with Gasteiger partial charge in [-0.05, 0) is 32.4 Å². The largest absolute Gasteiger partial charge is 0.491 e. The van der Waals surface area contributed by atoms with Gasteiger partial charge in [-0.25, -0.2) is 0 Å². The molecule has 0 amide bonds. The minimum Gasteiger partial charge on any atom is -0.491 e. The van der Waals surface area contributed by atoms with Gasteiger partial charge >= 0.3 is 0 Å². The summed E-state index contributed by atoms with van der Waals surface area (Å²) in [5.74, 6) is 0.824. The van der Waals surface area contributed by atoms with Crippen LogP contribution < -0.4 is 10.1 Å². The van der Waals surface area contributed by atoms with Gasteiger partial charge in [0.05, 0.1) is 12.7 Å². The highest BCUT2D eigenvalue weighted by molar-refractivity contribution is 5.31. The van der Waals surface area contributed by atoms with Crippen LogP contribution in [-0.2, 0) is 4.74 Å². The van der Waals surface area contributed by atoms with E-state index in [4.69, 9.17) is 9.47 Å². The van der Waals surface area contributed by atoms with Gasteiger partial charge in [-0.1, -0.05) is 18.2 Å². The van der Waals surface area contributed by atoms with Gasteiger partial charge < -0.3 is 19.9 Å². The zero-order chi connectivity index (χ0) is 14.1. The molecule has 108 valence electrons. The average Bonchev–Trinajstić information content (AvgIpc) is 2.37. The first-order valence-corrected chi connectivity index (χ1v) is 6.78. The van der Waals surface area contributed by atoms with Crippen LogP contribution >= 0.6 is 0 Å². The Bertz CT molecular complexity index is 355. The van der Waals surface area contributed by atoms with Crippen LogP contribution in [0.1, 0.15) is 19.4 Å². The van der Waals surface area contributed by atoms with Crippen LogP contribution in [0.3, 0.4) is 0 Å². The van der Waals surface area contributed by atoms with Crippen LogP contribution in [0.5, 0.6) is 5.75 Å². The fourth-order valence-electron chi connectivity index (χ4n) is 1.60. The molecule has 1 atom stereocenters. The molecule has 0 aliphatic carbocycles. The minimum atomic E-state index is -0.515. The molecule has 0 spiro atoms. The van der Waals surface area contributed by atoms with E-state index in [1.807, 2.05) is 45.0 Å². The third-order valence-corrected chi connectivity index (χ3v) is 2.63. The summed E-state index contributed by atoms with van der Waals surface area (Å²) in [5.41, 5.74) is 1.08. The molecule has 4 nitrogen and oxygen atoms in total. The molecule has 0 aromatic heterocycles. The first-order chi connectivity index (χ1) is 9.09. The predicted molar refractivity (Wildman–Crippen MR) is 76.6 cm³/mol. The van der Waals surface area contributed by atoms with E-state index >= 15 is 0 Å². The fourth-order valence-corrected chi connectivity index (χ4v) is 1.60. The maximum Gasteiger partial charge on any atom is 0.122 e. The lowest BCUT2D eigenvalue weighted by atomic mass is 10.2. The molecule has 0 bridgehead atoms. The quantitative estimate of drug-likeness (QED) is 0.669. The summed E-state index contributed by atoms with van der Waals surface area (Å²) < 4.78 is 11.0. The topological polar surface area (TPSA) is 50.7 Å². The van der Waals surface area contributed by atoms with Crippen molar-refractivity contribution in [1.29, 1.82) is 0 Å². The molecule has 1 aromatic rings. The van der Waals surface area contributed by atoms with Crippen molar-refractivity contribution in [3.8, 4) is 5.75 Å². The van der Waals surface area contributed by atoms with Crippen molar-refractivity contribution in [3.63, 3.8) is 0 Å². The summed E-state index contributed by atoms with van der Waals surface area (Å²) in [4.78, 5) is 0. The number of aryl methyl sites for hydroxylation is 1. The highest BCUT2D eigenvalue weighted by atomic mass is 16.5. The lowest BCUT2D eigenvalue weighted by Crippen LogP contribution is -2.33. The summed E-state index contributed by atoms with van der Waals surface area (Å²) in [6.07, 6.45) is -0.269. The molecule has 0 aliphatic rings. The Morgan fingerprint density at radius 3 is 2.68 bits per heavy atom. The molecule has 1 aromatic carbocycles. The van der Waals surface area contributed by atoms with E-state index in [1.165, 1.54) is 0 Å². The van der Waals surface area contributed by atoms with Gasteiger partial charge in [0.2, 0.25) is 0 Å². The Morgan fingerprint density at radius 2 is 2.00 bits per heavy atom. The number of rotatable bonds is 9. The normalized spacial score (nSPS) is 12.7. The summed E-state index contributed by atoms with van der Waals surface area (Å²) in [5, 5.41) is 12.9. The Kier molecular flexibility index (Phi) is 7.48. The van der Waals surface area contributed by atoms with E-state index in [1.54, 1.807) is 0 Å². The van der Waals surface area contributed by atoms with Crippen LogP contribution in [0.4, 0.5) is 0 Å². The lowest BCUT2D eigenvalue weighted by Gasteiger charge is -2.15. The van der Waals surface area contributed by atoms with Crippen molar-refractivity contribution in [2.24, 2.45) is 0 Å². The molecule has 19 heavy (non-hydrogen) atoms. The van der Waals surface area contributed by atoms with Gasteiger partial charge in [0.25, 0.3) is 0 Å². The van der Waals surface area contributed by atoms with Crippen LogP contribution in [-0.4, -0.2) is 43.6 Å². The Labute approximate surface area is 115 Å². The molecule has 0 aliphatic heterocycles. The number of aliphatic hydroxyl groups excluding tert-OH is 1. The molecule has 4 heteroatoms. The SMILES string of the molecule is Cc1ccccc1OCC(O)CNCCOC(C)C. The van der Waals surface area contributed by atoms with Crippen LogP contribution in [0.15, 0.2) is 24.3 Å². The van der Waals surface area contributed by atoms with Gasteiger partial charge in [-0.3, -0.25) is 0 Å². The van der Waals surface area contributed by atoms with Gasteiger partial charge in [-0.15, -0.1) is 0 Å². The third-order valence-electron chi connectivity index (χ3n) is 2.63. The summed E-state index contributed by atoms with van der Waals surface area (Å²) >= 11 is 0. The number of ether oxygens (including phenoxy) is 2. The molecular formula is C15H25NO3. The smallest absolute Gasteiger partial charge is 0.122 e. The maximum absolute atomic E-state index is 9.78. The van der Waals surface area contributed by atoms with Crippen molar-refractivity contribution in [3.05, 3.63) is 29.8 Å². The minimum absolute atomic E-state index is 0.246. The average molecular weight is 267 g/mol. The highest BCUT2D eigenvalue weighted by Gasteiger charge is 2.06. The predicted octanol–water partition coefficient (Wildman–Crippen LogP) is 1.75. The van der Waals surface area contributed by atoms with Gasteiger partial charge in [0.1, 0.15) is 18.5 Å². The number of hydrogen-bond donors (Lipinski definition) is 2. The van der Waals surface area contributed by atoms with Gasteiger partial charge in [0, 0.05) is 13.1 Å². The Balaban J connectivity index is 2.11. The van der Waals surface area contributed by atoms with E-state index in [9.17, 15) is 5.11 Å². The molecule has 1 rings (SSSR count). The zero-order valence-electron chi connectivity index (χ0n) is 12.1. The molecule has 0 fully saturated rings. The van der Waals surface area contributed by atoms with E-state index in [0.717, 1.165) is 17.9 Å². The fraction of sp³-hybridized carbons (Fsp3) is 0.600. The number of para-hydroxylation sites is 1. The van der Waals surface area contributed by atoms with Crippen molar-refractivity contribution in [2.45, 2.75) is 33.0 Å². The summed E-state index contributed by atoms with van der Waals surface area (Å²) in [6.45, 7) is 8.19. The molecular weight excluding hydrogens is 242 g/mol. The van der Waals surface area contributed by atoms with Crippen molar-refractivity contribution >= 4 is 0 Å². The molecule has 2 N–H and O–H groups in total. The number of benzene rings is 1. The van der Waals surface area contributed by atoms with Crippen molar-refractivity contribution in [1.82, 2.24) is 5.32 Å². The first kappa shape index (κ1) is 16.0. The molecule has 1 unspecified atom stereocenters. The number of nitrogens with one attached hydrogen (secondary N) is 1. The molecule has 0 saturated heterocycles. The zero-order valence-corrected chi connectivity index (χ0v) is 12.1. The standard InChI is InChI=1S/C15H25NO3/c1-12(2)18-9-8-16-10-14(17)11-19-15-7-5-4-6-13(15)3/h4-7,12,14,16-17H,8-11H2,1-3H3. The molecule has 0 radical (unpaired) electrons. The maximum atomic E-state index is 9.78. The number of aliphatic hydroxyl groups is 1. The Hall–Kier alpha value is -1.10. The second-order valence-corrected chi connectivity index (χ2v) is 4.85. The van der Waals surface area contributed by atoms with E-state index in [0.29, 0.717) is 19.8 Å². The van der Waals surface area contributed by atoms with E-state index in [2.05, 4.69) is 5.32 Å². The Morgan fingerprint density at radius 1 is 1.26 bits per heavy atom. The molecule has 0 saturated carbocycles. The van der Waals surface area contributed by atoms with E-state index in [-0.39, 0.29) is 6.10 Å². The van der Waals surface area contributed by atoms with Crippen molar-refractivity contribution < 1.29 is 14.6 Å². The first-order valence-electron chi connectivity index (χ1n) is 6.78. The lowest BCUT2D eigenvalue weighted by molar-refractivity contribution is 0.0735. The van der Waals surface area contributed by atoms with E-state index < -0.39 is 6.10 Å². The van der Waals surface area contributed by atoms with Crippen molar-refractivity contribution in [2.75, 3.05) is 26.3 Å². The van der Waals surface area contributed by atoms with Gasteiger partial charge in [-0.2, -0.15) is 0 Å².